The number of ether oxygens (including phenoxy) is 2. The minimum atomic E-state index is -0.502. The molecule has 0 spiro atoms. The number of hydrogen-bond donors (Lipinski definition) is 0. The maximum absolute atomic E-state index is 12.8. The number of rotatable bonds is 4. The molecule has 190 valence electrons. The van der Waals surface area contributed by atoms with Gasteiger partial charge in [-0.1, -0.05) is 41.9 Å². The molecule has 2 aliphatic rings. The third kappa shape index (κ3) is 5.66. The highest BCUT2D eigenvalue weighted by atomic mass is 35.5. The van der Waals surface area contributed by atoms with E-state index in [-0.39, 0.29) is 12.1 Å². The molecule has 5 rings (SSSR count). The number of halogens is 1. The summed E-state index contributed by atoms with van der Waals surface area (Å²) >= 11 is 6.32. The summed E-state index contributed by atoms with van der Waals surface area (Å²) in [6, 6.07) is 16.6. The van der Waals surface area contributed by atoms with Gasteiger partial charge in [0, 0.05) is 42.2 Å². The van der Waals surface area contributed by atoms with Gasteiger partial charge >= 0.3 is 6.09 Å². The summed E-state index contributed by atoms with van der Waals surface area (Å²) in [5, 5.41) is 1.81. The van der Waals surface area contributed by atoms with E-state index in [9.17, 15) is 4.79 Å². The van der Waals surface area contributed by atoms with Crippen LogP contribution in [0.5, 0.6) is 0 Å². The number of morpholine rings is 1. The third-order valence-corrected chi connectivity index (χ3v) is 7.06. The van der Waals surface area contributed by atoms with E-state index >= 15 is 0 Å². The van der Waals surface area contributed by atoms with Crippen molar-refractivity contribution < 1.29 is 14.3 Å². The van der Waals surface area contributed by atoms with Crippen molar-refractivity contribution in [3.8, 4) is 11.3 Å². The number of pyridine rings is 1. The number of amides is 1. The first-order valence-electron chi connectivity index (χ1n) is 12.8. The average molecular weight is 508 g/mol. The van der Waals surface area contributed by atoms with Gasteiger partial charge in [-0.3, -0.25) is 4.90 Å². The number of nitrogens with zero attached hydrogens (tertiary/aromatic N) is 3. The fourth-order valence-electron chi connectivity index (χ4n) is 5.08. The van der Waals surface area contributed by atoms with Crippen LogP contribution in [-0.2, 0) is 16.0 Å². The molecule has 36 heavy (non-hydrogen) atoms. The second kappa shape index (κ2) is 10.4. The molecule has 0 N–H and O–H groups in total. The van der Waals surface area contributed by atoms with Crippen molar-refractivity contribution in [1.29, 1.82) is 0 Å². The molecule has 2 fully saturated rings. The fourth-order valence-corrected chi connectivity index (χ4v) is 5.25. The third-order valence-electron chi connectivity index (χ3n) is 6.83. The van der Waals surface area contributed by atoms with Gasteiger partial charge in [-0.25, -0.2) is 9.78 Å². The van der Waals surface area contributed by atoms with Gasteiger partial charge < -0.3 is 14.4 Å². The SMILES string of the molecule is CC(C)(C)OC(=O)N1CCCC1c1ccc(-c2cc(CN3CCOCC3)c3ccc(Cl)cc3n2)cc1. The van der Waals surface area contributed by atoms with Crippen LogP contribution in [0.1, 0.15) is 50.8 Å². The van der Waals surface area contributed by atoms with Crippen LogP contribution < -0.4 is 0 Å². The van der Waals surface area contributed by atoms with Gasteiger partial charge in [0.1, 0.15) is 5.60 Å². The lowest BCUT2D eigenvalue weighted by molar-refractivity contribution is 0.0224. The zero-order valence-corrected chi connectivity index (χ0v) is 22.1. The van der Waals surface area contributed by atoms with Crippen molar-refractivity contribution in [2.75, 3.05) is 32.8 Å². The fraction of sp³-hybridized carbons (Fsp3) is 0.448. The zero-order valence-electron chi connectivity index (χ0n) is 21.3. The Hall–Kier alpha value is -2.67. The summed E-state index contributed by atoms with van der Waals surface area (Å²) in [5.41, 5.74) is 4.74. The van der Waals surface area contributed by atoms with E-state index in [1.807, 2.05) is 37.8 Å². The van der Waals surface area contributed by atoms with Crippen molar-refractivity contribution >= 4 is 28.6 Å². The molecule has 0 radical (unpaired) electrons. The summed E-state index contributed by atoms with van der Waals surface area (Å²) in [4.78, 5) is 22.0. The quantitative estimate of drug-likeness (QED) is 0.405. The Kier molecular flexibility index (Phi) is 7.20. The monoisotopic (exact) mass is 507 g/mol. The average Bonchev–Trinajstić information content (AvgIpc) is 3.34. The van der Waals surface area contributed by atoms with E-state index in [2.05, 4.69) is 41.3 Å². The summed E-state index contributed by atoms with van der Waals surface area (Å²) in [6.45, 7) is 10.7. The van der Waals surface area contributed by atoms with Gasteiger partial charge in [0.25, 0.3) is 0 Å². The Morgan fingerprint density at radius 3 is 2.56 bits per heavy atom. The van der Waals surface area contributed by atoms with Gasteiger partial charge in [0.15, 0.2) is 0 Å². The van der Waals surface area contributed by atoms with Crippen LogP contribution in [-0.4, -0.2) is 59.3 Å². The van der Waals surface area contributed by atoms with E-state index in [0.717, 1.165) is 80.0 Å². The second-order valence-corrected chi connectivity index (χ2v) is 11.1. The first-order chi connectivity index (χ1) is 17.3. The van der Waals surface area contributed by atoms with Crippen LogP contribution in [0.3, 0.4) is 0 Å². The van der Waals surface area contributed by atoms with Gasteiger partial charge in [-0.05, 0) is 62.9 Å². The molecule has 7 heteroatoms. The number of likely N-dealkylation sites (tertiary alicyclic amines) is 1. The topological polar surface area (TPSA) is 54.9 Å². The number of carbonyl (C=O) groups excluding carboxylic acids is 1. The molecule has 1 unspecified atom stereocenters. The Balaban J connectivity index is 1.42. The lowest BCUT2D eigenvalue weighted by Crippen LogP contribution is -2.36. The predicted molar refractivity (Wildman–Crippen MR) is 143 cm³/mol. The van der Waals surface area contributed by atoms with Crippen molar-refractivity contribution in [3.63, 3.8) is 0 Å². The van der Waals surface area contributed by atoms with Gasteiger partial charge in [-0.15, -0.1) is 0 Å². The van der Waals surface area contributed by atoms with Gasteiger partial charge in [-0.2, -0.15) is 0 Å². The zero-order chi connectivity index (χ0) is 25.3. The molecule has 2 aromatic carbocycles. The standard InChI is InChI=1S/C29H34ClN3O3/c1-29(2,3)36-28(34)33-12-4-5-27(33)21-8-6-20(7-9-21)25-17-22(19-32-13-15-35-16-14-32)24-11-10-23(30)18-26(24)31-25/h6-11,17-18,27H,4-5,12-16,19H2,1-3H3. The van der Waals surface area contributed by atoms with Crippen molar-refractivity contribution in [1.82, 2.24) is 14.8 Å². The molecule has 1 atom stereocenters. The van der Waals surface area contributed by atoms with Crippen molar-refractivity contribution in [2.45, 2.75) is 51.8 Å². The molecule has 0 saturated carbocycles. The molecular formula is C29H34ClN3O3. The summed E-state index contributed by atoms with van der Waals surface area (Å²) in [6.07, 6.45) is 1.67. The maximum atomic E-state index is 12.8. The van der Waals surface area contributed by atoms with Gasteiger partial charge in [0.2, 0.25) is 0 Å². The highest BCUT2D eigenvalue weighted by Gasteiger charge is 2.33. The van der Waals surface area contributed by atoms with Crippen LogP contribution in [0.15, 0.2) is 48.5 Å². The lowest BCUT2D eigenvalue weighted by atomic mass is 9.99. The Morgan fingerprint density at radius 1 is 1.08 bits per heavy atom. The van der Waals surface area contributed by atoms with Crippen LogP contribution in [0.25, 0.3) is 22.2 Å². The lowest BCUT2D eigenvalue weighted by Gasteiger charge is -2.29. The van der Waals surface area contributed by atoms with Crippen molar-refractivity contribution in [3.05, 3.63) is 64.7 Å². The summed E-state index contributed by atoms with van der Waals surface area (Å²) < 4.78 is 11.2. The van der Waals surface area contributed by atoms with E-state index in [0.29, 0.717) is 5.02 Å². The smallest absolute Gasteiger partial charge is 0.410 e. The highest BCUT2D eigenvalue weighted by molar-refractivity contribution is 6.31. The van der Waals surface area contributed by atoms with E-state index in [4.69, 9.17) is 26.1 Å². The number of carbonyl (C=O) groups is 1. The highest BCUT2D eigenvalue weighted by Crippen LogP contribution is 2.35. The second-order valence-electron chi connectivity index (χ2n) is 10.7. The predicted octanol–water partition coefficient (Wildman–Crippen LogP) is 6.46. The number of aromatic nitrogens is 1. The first-order valence-corrected chi connectivity index (χ1v) is 13.1. The van der Waals surface area contributed by atoms with Crippen molar-refractivity contribution in [2.24, 2.45) is 0 Å². The normalized spacial score (nSPS) is 19.1. The first kappa shape index (κ1) is 25.0. The molecule has 0 aliphatic carbocycles. The Morgan fingerprint density at radius 2 is 1.83 bits per heavy atom. The number of benzene rings is 2. The molecule has 2 aliphatic heterocycles. The number of fused-ring (bicyclic) bond motifs is 1. The molecule has 1 aromatic heterocycles. The molecular weight excluding hydrogens is 474 g/mol. The number of hydrogen-bond acceptors (Lipinski definition) is 5. The molecule has 1 amide bonds. The molecule has 3 aromatic rings. The van der Waals surface area contributed by atoms with Crippen LogP contribution in [0.2, 0.25) is 5.02 Å². The van der Waals surface area contributed by atoms with E-state index in [1.54, 1.807) is 0 Å². The summed E-state index contributed by atoms with van der Waals surface area (Å²) in [7, 11) is 0. The molecule has 3 heterocycles. The minimum Gasteiger partial charge on any atom is -0.444 e. The van der Waals surface area contributed by atoms with Crippen LogP contribution in [0.4, 0.5) is 4.79 Å². The summed E-state index contributed by atoms with van der Waals surface area (Å²) in [5.74, 6) is 0. The molecule has 0 bridgehead atoms. The Labute approximate surface area is 218 Å². The van der Waals surface area contributed by atoms with Crippen LogP contribution in [0, 0.1) is 0 Å². The van der Waals surface area contributed by atoms with E-state index < -0.39 is 5.60 Å². The molecule has 2 saturated heterocycles. The Bertz CT molecular complexity index is 1230. The largest absolute Gasteiger partial charge is 0.444 e. The maximum Gasteiger partial charge on any atom is 0.410 e. The van der Waals surface area contributed by atoms with E-state index in [1.165, 1.54) is 5.56 Å². The van der Waals surface area contributed by atoms with Crippen LogP contribution >= 0.6 is 11.6 Å². The molecule has 6 nitrogen and oxygen atoms in total. The minimum absolute atomic E-state index is 0.0363. The van der Waals surface area contributed by atoms with Gasteiger partial charge in [0.05, 0.1) is 30.5 Å².